The minimum atomic E-state index is -1.32. The molecule has 4 heteroatoms. The van der Waals surface area contributed by atoms with Crippen LogP contribution in [0.5, 0.6) is 0 Å². The van der Waals surface area contributed by atoms with Crippen molar-refractivity contribution < 1.29 is 19.5 Å². The number of benzene rings is 1. The predicted octanol–water partition coefficient (Wildman–Crippen LogP) is 8.16. The van der Waals surface area contributed by atoms with Crippen molar-refractivity contribution in [3.8, 4) is 0 Å². The van der Waals surface area contributed by atoms with Gasteiger partial charge in [-0.25, -0.2) is 0 Å². The second kappa shape index (κ2) is 10.9. The van der Waals surface area contributed by atoms with E-state index in [2.05, 4.69) is 55.4 Å². The topological polar surface area (TPSA) is 71.4 Å². The van der Waals surface area contributed by atoms with E-state index in [9.17, 15) is 19.5 Å². The SMILES string of the molecule is CC(C)CCC1CC2(CCC(C)C)C(=O)C(CCC(C)C)(C(=O)C(C(=O)c3ccccc3)=C2O)C1(C)C. The molecule has 0 aliphatic heterocycles. The number of hydrogen-bond acceptors (Lipinski definition) is 4. The quantitative estimate of drug-likeness (QED) is 0.186. The van der Waals surface area contributed by atoms with E-state index in [0.717, 1.165) is 19.3 Å². The second-order valence-electron chi connectivity index (χ2n) is 13.5. The van der Waals surface area contributed by atoms with Gasteiger partial charge in [0, 0.05) is 5.56 Å². The fourth-order valence-electron chi connectivity index (χ4n) is 6.84. The summed E-state index contributed by atoms with van der Waals surface area (Å²) in [5.41, 5.74) is -2.91. The zero-order valence-corrected chi connectivity index (χ0v) is 24.3. The van der Waals surface area contributed by atoms with Gasteiger partial charge in [0.15, 0.2) is 17.3 Å². The minimum Gasteiger partial charge on any atom is -0.510 e. The lowest BCUT2D eigenvalue weighted by molar-refractivity contribution is -0.174. The van der Waals surface area contributed by atoms with Gasteiger partial charge < -0.3 is 5.11 Å². The van der Waals surface area contributed by atoms with E-state index >= 15 is 0 Å². The fourth-order valence-corrected chi connectivity index (χ4v) is 6.84. The molecule has 2 aliphatic rings. The third kappa shape index (κ3) is 4.98. The maximum Gasteiger partial charge on any atom is 0.200 e. The molecule has 3 rings (SSSR count). The van der Waals surface area contributed by atoms with Crippen molar-refractivity contribution in [1.82, 2.24) is 0 Å². The Morgan fingerprint density at radius 2 is 1.43 bits per heavy atom. The first kappa shape index (κ1) is 29.3. The number of ketones is 3. The standard InChI is InChI=1S/C33H48O4/c1-21(2)14-15-25-20-32(18-16-22(3)4)28(35)26(27(34)24-12-10-9-11-13-24)29(36)33(30(32)37,31(25,7)8)19-17-23(5)6/h9-13,21-23,25,35H,14-20H2,1-8H3. The molecule has 0 amide bonds. The summed E-state index contributed by atoms with van der Waals surface area (Å²) in [4.78, 5) is 43.3. The van der Waals surface area contributed by atoms with Crippen LogP contribution in [0.1, 0.15) is 111 Å². The maximum atomic E-state index is 14.8. The van der Waals surface area contributed by atoms with E-state index in [1.807, 2.05) is 6.07 Å². The van der Waals surface area contributed by atoms with Gasteiger partial charge >= 0.3 is 0 Å². The highest BCUT2D eigenvalue weighted by Crippen LogP contribution is 2.66. The first-order valence-corrected chi connectivity index (χ1v) is 14.4. The Bertz CT molecular complexity index is 1050. The minimum absolute atomic E-state index is 0.0893. The number of carbonyl (C=O) groups is 3. The molecule has 1 aromatic rings. The van der Waals surface area contributed by atoms with E-state index in [1.54, 1.807) is 24.3 Å². The van der Waals surface area contributed by atoms with Crippen LogP contribution in [0.3, 0.4) is 0 Å². The molecule has 1 aromatic carbocycles. The summed E-state index contributed by atoms with van der Waals surface area (Å²) >= 11 is 0. The molecule has 1 fully saturated rings. The number of fused-ring (bicyclic) bond motifs is 2. The van der Waals surface area contributed by atoms with Crippen molar-refractivity contribution in [1.29, 1.82) is 0 Å². The van der Waals surface area contributed by atoms with Crippen molar-refractivity contribution in [2.24, 2.45) is 39.9 Å². The van der Waals surface area contributed by atoms with Crippen LogP contribution in [0, 0.1) is 39.9 Å². The fraction of sp³-hybridized carbons (Fsp3) is 0.667. The molecular formula is C33H48O4. The smallest absolute Gasteiger partial charge is 0.200 e. The maximum absolute atomic E-state index is 14.8. The Kier molecular flexibility index (Phi) is 8.61. The predicted molar refractivity (Wildman–Crippen MR) is 149 cm³/mol. The second-order valence-corrected chi connectivity index (χ2v) is 13.5. The van der Waals surface area contributed by atoms with Crippen LogP contribution in [-0.4, -0.2) is 22.5 Å². The molecule has 3 unspecified atom stereocenters. The normalized spacial score (nSPS) is 27.5. The molecule has 0 aromatic heterocycles. The lowest BCUT2D eigenvalue weighted by atomic mass is 9.39. The van der Waals surface area contributed by atoms with E-state index in [-0.39, 0.29) is 23.0 Å². The average Bonchev–Trinajstić information content (AvgIpc) is 2.82. The van der Waals surface area contributed by atoms with Crippen molar-refractivity contribution in [3.63, 3.8) is 0 Å². The van der Waals surface area contributed by atoms with Crippen molar-refractivity contribution in [3.05, 3.63) is 47.2 Å². The molecule has 2 aliphatic carbocycles. The van der Waals surface area contributed by atoms with Crippen molar-refractivity contribution in [2.45, 2.75) is 100 Å². The van der Waals surface area contributed by atoms with Gasteiger partial charge in [-0.3, -0.25) is 14.4 Å². The van der Waals surface area contributed by atoms with Crippen LogP contribution < -0.4 is 0 Å². The Morgan fingerprint density at radius 3 is 1.97 bits per heavy atom. The molecule has 1 N–H and O–H groups in total. The van der Waals surface area contributed by atoms with E-state index in [4.69, 9.17) is 0 Å². The molecule has 1 saturated carbocycles. The van der Waals surface area contributed by atoms with Crippen LogP contribution >= 0.6 is 0 Å². The summed E-state index contributed by atoms with van der Waals surface area (Å²) in [5.74, 6) is -0.0946. The van der Waals surface area contributed by atoms with Crippen LogP contribution in [0.15, 0.2) is 41.7 Å². The summed E-state index contributed by atoms with van der Waals surface area (Å²) in [5, 5.41) is 11.9. The Hall–Kier alpha value is -2.23. The molecule has 0 radical (unpaired) electrons. The number of allylic oxidation sites excluding steroid dienone is 2. The Morgan fingerprint density at radius 1 is 0.892 bits per heavy atom. The van der Waals surface area contributed by atoms with Gasteiger partial charge in [-0.2, -0.15) is 0 Å². The first-order chi connectivity index (χ1) is 17.2. The first-order valence-electron chi connectivity index (χ1n) is 14.4. The van der Waals surface area contributed by atoms with E-state index in [0.29, 0.717) is 49.0 Å². The van der Waals surface area contributed by atoms with Crippen molar-refractivity contribution in [2.75, 3.05) is 0 Å². The number of hydrogen-bond donors (Lipinski definition) is 1. The zero-order valence-electron chi connectivity index (χ0n) is 24.3. The van der Waals surface area contributed by atoms with Crippen LogP contribution in [0.2, 0.25) is 0 Å². The van der Waals surface area contributed by atoms with Crippen molar-refractivity contribution >= 4 is 17.3 Å². The van der Waals surface area contributed by atoms with Gasteiger partial charge in [0.05, 0.1) is 10.8 Å². The zero-order chi connectivity index (χ0) is 27.8. The molecule has 0 saturated heterocycles. The molecule has 2 bridgehead atoms. The molecule has 3 atom stereocenters. The van der Waals surface area contributed by atoms with Gasteiger partial charge in [0.25, 0.3) is 0 Å². The lowest BCUT2D eigenvalue weighted by Gasteiger charge is -2.61. The summed E-state index contributed by atoms with van der Waals surface area (Å²) in [6, 6.07) is 8.71. The molecular weight excluding hydrogens is 460 g/mol. The molecule has 0 heterocycles. The number of carbonyl (C=O) groups excluding carboxylic acids is 3. The summed E-state index contributed by atoms with van der Waals surface area (Å²) < 4.78 is 0. The van der Waals surface area contributed by atoms with Crippen LogP contribution in [0.4, 0.5) is 0 Å². The van der Waals surface area contributed by atoms with Gasteiger partial charge in [-0.1, -0.05) is 92.1 Å². The van der Waals surface area contributed by atoms with Gasteiger partial charge in [-0.15, -0.1) is 0 Å². The molecule has 4 nitrogen and oxygen atoms in total. The summed E-state index contributed by atoms with van der Waals surface area (Å²) in [6.45, 7) is 17.0. The van der Waals surface area contributed by atoms with E-state index in [1.165, 1.54) is 0 Å². The number of Topliss-reactive ketones (excluding diaryl/α,β-unsaturated/α-hetero) is 3. The van der Waals surface area contributed by atoms with Gasteiger partial charge in [0.2, 0.25) is 0 Å². The number of aliphatic hydroxyl groups excluding tert-OH is 1. The van der Waals surface area contributed by atoms with E-state index < -0.39 is 27.8 Å². The highest BCUT2D eigenvalue weighted by Gasteiger charge is 2.72. The highest BCUT2D eigenvalue weighted by molar-refractivity contribution is 6.35. The average molecular weight is 509 g/mol. The summed E-state index contributed by atoms with van der Waals surface area (Å²) in [6.07, 6.45) is 4.72. The van der Waals surface area contributed by atoms with Gasteiger partial charge in [-0.05, 0) is 67.6 Å². The molecule has 37 heavy (non-hydrogen) atoms. The Labute approximate surface area is 224 Å². The largest absolute Gasteiger partial charge is 0.510 e. The van der Waals surface area contributed by atoms with Gasteiger partial charge in [0.1, 0.15) is 11.3 Å². The third-order valence-corrected chi connectivity index (χ3v) is 9.44. The van der Waals surface area contributed by atoms with Crippen LogP contribution in [0.25, 0.3) is 0 Å². The number of rotatable bonds is 11. The molecule has 204 valence electrons. The Balaban J connectivity index is 2.32. The third-order valence-electron chi connectivity index (χ3n) is 9.44. The lowest BCUT2D eigenvalue weighted by Crippen LogP contribution is -2.67. The highest BCUT2D eigenvalue weighted by atomic mass is 16.3. The van der Waals surface area contributed by atoms with Crippen LogP contribution in [-0.2, 0) is 9.59 Å². The summed E-state index contributed by atoms with van der Waals surface area (Å²) in [7, 11) is 0. The monoisotopic (exact) mass is 508 g/mol. The molecule has 0 spiro atoms. The number of aliphatic hydroxyl groups is 1.